The molecule has 7 heteroatoms. The third-order valence-corrected chi connectivity index (χ3v) is 12.7. The van der Waals surface area contributed by atoms with Gasteiger partial charge in [0.25, 0.3) is 0 Å². The highest BCUT2D eigenvalue weighted by molar-refractivity contribution is 6.32. The van der Waals surface area contributed by atoms with Gasteiger partial charge in [-0.1, -0.05) is 198 Å². The topological polar surface area (TPSA) is 9.23 Å². The lowest BCUT2D eigenvalue weighted by atomic mass is 9.97. The van der Waals surface area contributed by atoms with E-state index in [-0.39, 0.29) is 54.4 Å². The molecule has 0 bridgehead atoms. The second kappa shape index (κ2) is 31.0. The predicted molar refractivity (Wildman–Crippen MR) is 297 cm³/mol. The van der Waals surface area contributed by atoms with Crippen LogP contribution in [0.4, 0.5) is 17.6 Å². The molecule has 7 rings (SSSR count). The third kappa shape index (κ3) is 19.9. The first-order valence-corrected chi connectivity index (χ1v) is 25.3. The highest BCUT2D eigenvalue weighted by Gasteiger charge is 2.17. The largest absolute Gasteiger partial charge is 0.493 e. The maximum Gasteiger partial charge on any atom is 0.129 e. The molecule has 384 valence electrons. The summed E-state index contributed by atoms with van der Waals surface area (Å²) < 4.78 is 58.0. The van der Waals surface area contributed by atoms with Crippen molar-refractivity contribution < 1.29 is 22.3 Å². The summed E-state index contributed by atoms with van der Waals surface area (Å²) in [4.78, 5) is 0. The number of fused-ring (bicyclic) bond motifs is 1. The molecule has 1 aliphatic heterocycles. The van der Waals surface area contributed by atoms with Gasteiger partial charge in [0.1, 0.15) is 29.0 Å². The zero-order valence-electron chi connectivity index (χ0n) is 44.6. The van der Waals surface area contributed by atoms with Gasteiger partial charge >= 0.3 is 0 Å². The highest BCUT2D eigenvalue weighted by atomic mass is 35.5. The molecule has 0 spiro atoms. The second-order valence-corrected chi connectivity index (χ2v) is 20.6. The molecule has 0 radical (unpaired) electrons. The van der Waals surface area contributed by atoms with Crippen LogP contribution in [0.1, 0.15) is 199 Å². The Morgan fingerprint density at radius 3 is 1.37 bits per heavy atom. The van der Waals surface area contributed by atoms with E-state index in [0.717, 1.165) is 85.3 Å². The van der Waals surface area contributed by atoms with Crippen LogP contribution in [-0.4, -0.2) is 6.61 Å². The van der Waals surface area contributed by atoms with E-state index in [1.807, 2.05) is 126 Å². The molecule has 1 heterocycles. The van der Waals surface area contributed by atoms with E-state index in [2.05, 4.69) is 52.0 Å². The fourth-order valence-corrected chi connectivity index (χ4v) is 8.49. The highest BCUT2D eigenvalue weighted by Crippen LogP contribution is 2.36. The molecule has 0 aliphatic carbocycles. The van der Waals surface area contributed by atoms with Crippen molar-refractivity contribution in [2.45, 2.75) is 173 Å². The smallest absolute Gasteiger partial charge is 0.129 e. The van der Waals surface area contributed by atoms with Crippen LogP contribution in [-0.2, 0) is 6.42 Å². The van der Waals surface area contributed by atoms with Gasteiger partial charge in [-0.2, -0.15) is 0 Å². The van der Waals surface area contributed by atoms with Crippen LogP contribution in [0.2, 0.25) is 10.0 Å². The Bertz CT molecular complexity index is 2420. The summed E-state index contributed by atoms with van der Waals surface area (Å²) >= 11 is 12.4. The quantitative estimate of drug-likeness (QED) is 0.151. The Morgan fingerprint density at radius 1 is 0.429 bits per heavy atom. The molecule has 0 N–H and O–H groups in total. The zero-order chi connectivity index (χ0) is 52.3. The van der Waals surface area contributed by atoms with Crippen molar-refractivity contribution in [3.63, 3.8) is 0 Å². The van der Waals surface area contributed by atoms with E-state index >= 15 is 0 Å². The van der Waals surface area contributed by atoms with Gasteiger partial charge in [-0.25, -0.2) is 17.6 Å². The van der Waals surface area contributed by atoms with Crippen molar-refractivity contribution in [2.24, 2.45) is 0 Å². The lowest BCUT2D eigenvalue weighted by Crippen LogP contribution is -2.09. The summed E-state index contributed by atoms with van der Waals surface area (Å²) in [5, 5.41) is 1.83. The Morgan fingerprint density at radius 2 is 0.900 bits per heavy atom. The molecule has 0 fully saturated rings. The molecule has 0 saturated heterocycles. The van der Waals surface area contributed by atoms with Crippen molar-refractivity contribution in [1.82, 2.24) is 0 Å². The molecular formula is C63H84Cl2F4O. The lowest BCUT2D eigenvalue weighted by Gasteiger charge is -2.21. The number of halogens is 6. The zero-order valence-corrected chi connectivity index (χ0v) is 46.1. The summed E-state index contributed by atoms with van der Waals surface area (Å²) in [5.41, 5.74) is 12.0. The maximum atomic E-state index is 13.3. The SMILES string of the molecule is C.CC(C)c1ccc2c(c1Cl)CCCO2.Cc1ccc(C(C)C)c(F)c1.Cc1ccc(F)c(C(C)C)c1.Cc1cccc(C(C)C)c1Cl.Cc1cccc(C(C)C)c1F.Cc1cccc(F)c1C(C)C. The Balaban J connectivity index is 0.000000420. The van der Waals surface area contributed by atoms with Gasteiger partial charge in [-0.05, 0) is 163 Å². The minimum atomic E-state index is -0.0920. The Labute approximate surface area is 432 Å². The van der Waals surface area contributed by atoms with Gasteiger partial charge in [-0.15, -0.1) is 0 Å². The molecule has 1 aliphatic rings. The van der Waals surface area contributed by atoms with Gasteiger partial charge < -0.3 is 4.74 Å². The van der Waals surface area contributed by atoms with Crippen molar-refractivity contribution >= 4 is 23.2 Å². The maximum absolute atomic E-state index is 13.3. The van der Waals surface area contributed by atoms with Crippen molar-refractivity contribution in [3.05, 3.63) is 203 Å². The first kappa shape index (κ1) is 63.4. The molecule has 6 aromatic rings. The van der Waals surface area contributed by atoms with Crippen LogP contribution in [0, 0.1) is 57.9 Å². The molecular weight excluding hydrogens is 920 g/mol. The number of ether oxygens (including phenoxy) is 1. The van der Waals surface area contributed by atoms with Gasteiger partial charge in [0.2, 0.25) is 0 Å². The number of hydrogen-bond donors (Lipinski definition) is 0. The third-order valence-electron chi connectivity index (χ3n) is 11.8. The van der Waals surface area contributed by atoms with Crippen molar-refractivity contribution in [1.29, 1.82) is 0 Å². The summed E-state index contributed by atoms with van der Waals surface area (Å²) in [5.74, 6) is 2.76. The Hall–Kier alpha value is -4.58. The molecule has 1 nitrogen and oxygen atoms in total. The van der Waals surface area contributed by atoms with E-state index in [4.69, 9.17) is 27.9 Å². The molecule has 0 unspecified atom stereocenters. The summed E-state index contributed by atoms with van der Waals surface area (Å²) in [6.45, 7) is 35.1. The van der Waals surface area contributed by atoms with E-state index < -0.39 is 0 Å². The van der Waals surface area contributed by atoms with Crippen molar-refractivity contribution in [3.8, 4) is 5.75 Å². The fraction of sp³-hybridized carbons (Fsp3) is 0.429. The van der Waals surface area contributed by atoms with Crippen LogP contribution in [0.5, 0.6) is 5.75 Å². The Kier molecular flexibility index (Phi) is 28.1. The van der Waals surface area contributed by atoms with Crippen molar-refractivity contribution in [2.75, 3.05) is 6.61 Å². The van der Waals surface area contributed by atoms with E-state index in [1.54, 1.807) is 31.2 Å². The molecule has 70 heavy (non-hydrogen) atoms. The minimum Gasteiger partial charge on any atom is -0.493 e. The molecule has 6 aromatic carbocycles. The average molecular weight is 1000 g/mol. The lowest BCUT2D eigenvalue weighted by molar-refractivity contribution is 0.288. The van der Waals surface area contributed by atoms with E-state index in [0.29, 0.717) is 11.8 Å². The van der Waals surface area contributed by atoms with Crippen LogP contribution < -0.4 is 4.74 Å². The first-order valence-electron chi connectivity index (χ1n) is 24.5. The van der Waals surface area contributed by atoms with Gasteiger partial charge in [0.15, 0.2) is 0 Å². The fourth-order valence-electron chi connectivity index (χ4n) is 7.68. The van der Waals surface area contributed by atoms with Gasteiger partial charge in [0.05, 0.1) is 11.6 Å². The molecule has 0 atom stereocenters. The second-order valence-electron chi connectivity index (χ2n) is 19.8. The summed E-state index contributed by atoms with van der Waals surface area (Å²) in [6, 6.07) is 31.6. The van der Waals surface area contributed by atoms with Gasteiger partial charge in [-0.3, -0.25) is 0 Å². The van der Waals surface area contributed by atoms with Crippen LogP contribution in [0.3, 0.4) is 0 Å². The monoisotopic (exact) mass is 1000 g/mol. The van der Waals surface area contributed by atoms with Crippen LogP contribution >= 0.6 is 23.2 Å². The van der Waals surface area contributed by atoms with Gasteiger partial charge in [0, 0.05) is 10.6 Å². The first-order chi connectivity index (χ1) is 32.3. The average Bonchev–Trinajstić information content (AvgIpc) is 3.27. The standard InChI is InChI=1S/C12H15ClO.C10H13Cl.4C10H13F.CH4/c1-8(2)9-5-6-11-10(12(9)13)4-3-7-14-11;1-7(2)9-6-4-5-8(3)10(9)11;1-7(2)9-6-8(3)4-5-10(9)11;1-7(2)9-5-4-8(3)6-10(9)11;1-7(2)10-8(3)5-4-6-9(10)11;1-7(2)9-6-4-5-8(3)10(9)11;/h5-6,8H,3-4,7H2,1-2H3;5*4-7H,1-3H3;1H4. The molecule has 0 saturated carbocycles. The predicted octanol–water partition coefficient (Wildman–Crippen LogP) is 21.2. The van der Waals surface area contributed by atoms with E-state index in [9.17, 15) is 17.6 Å². The van der Waals surface area contributed by atoms with Crippen LogP contribution in [0.15, 0.2) is 103 Å². The number of hydrogen-bond acceptors (Lipinski definition) is 1. The number of rotatable bonds is 6. The molecule has 0 amide bonds. The van der Waals surface area contributed by atoms with E-state index in [1.165, 1.54) is 28.8 Å². The summed E-state index contributed by atoms with van der Waals surface area (Å²) in [6.07, 6.45) is 2.13. The number of benzene rings is 6. The van der Waals surface area contributed by atoms with Crippen LogP contribution in [0.25, 0.3) is 0 Å². The normalized spacial score (nSPS) is 11.4. The molecule has 0 aromatic heterocycles. The minimum absolute atomic E-state index is 0. The number of aryl methyl sites for hydroxylation is 5. The summed E-state index contributed by atoms with van der Waals surface area (Å²) in [7, 11) is 0.